The van der Waals surface area contributed by atoms with E-state index >= 15 is 0 Å². The molecule has 1 saturated heterocycles. The standard InChI is InChI=1S/C12H19N3O/c13-16-10-12-5-1-2-7-15(12)9-11-4-3-6-14-8-11/h3-4,6,8,12H,1-2,5,7,9-10,13H2. The molecular formula is C12H19N3O. The fourth-order valence-corrected chi connectivity index (χ4v) is 2.29. The van der Waals surface area contributed by atoms with E-state index in [-0.39, 0.29) is 0 Å². The number of likely N-dealkylation sites (tertiary alicyclic amines) is 1. The SMILES string of the molecule is NOCC1CCCCN1Cc1cccnc1. The van der Waals surface area contributed by atoms with Gasteiger partial charge in [-0.1, -0.05) is 12.5 Å². The molecule has 1 aliphatic rings. The molecule has 0 aromatic carbocycles. The first-order valence-corrected chi connectivity index (χ1v) is 5.85. The van der Waals surface area contributed by atoms with Gasteiger partial charge in [0.25, 0.3) is 0 Å². The molecule has 2 rings (SSSR count). The Morgan fingerprint density at radius 3 is 3.19 bits per heavy atom. The average Bonchev–Trinajstić information content (AvgIpc) is 2.33. The molecule has 4 heteroatoms. The van der Waals surface area contributed by atoms with Crippen molar-refractivity contribution in [2.75, 3.05) is 13.2 Å². The van der Waals surface area contributed by atoms with E-state index in [1.807, 2.05) is 12.3 Å². The van der Waals surface area contributed by atoms with Crippen LogP contribution in [0.3, 0.4) is 0 Å². The van der Waals surface area contributed by atoms with Gasteiger partial charge < -0.3 is 4.84 Å². The summed E-state index contributed by atoms with van der Waals surface area (Å²) in [5, 5.41) is 0. The Kier molecular flexibility index (Phi) is 4.27. The first-order chi connectivity index (χ1) is 7.90. The van der Waals surface area contributed by atoms with E-state index in [0.717, 1.165) is 13.1 Å². The number of nitrogens with two attached hydrogens (primary N) is 1. The van der Waals surface area contributed by atoms with E-state index in [4.69, 9.17) is 10.7 Å². The second kappa shape index (κ2) is 5.94. The Bertz CT molecular complexity index is 302. The van der Waals surface area contributed by atoms with Crippen LogP contribution in [0.25, 0.3) is 0 Å². The van der Waals surface area contributed by atoms with Crippen molar-refractivity contribution >= 4 is 0 Å². The molecule has 1 unspecified atom stereocenters. The predicted octanol–water partition coefficient (Wildman–Crippen LogP) is 1.33. The highest BCUT2D eigenvalue weighted by Gasteiger charge is 2.22. The highest BCUT2D eigenvalue weighted by molar-refractivity contribution is 5.08. The lowest BCUT2D eigenvalue weighted by Crippen LogP contribution is -2.42. The number of pyridine rings is 1. The fourth-order valence-electron chi connectivity index (χ4n) is 2.29. The van der Waals surface area contributed by atoms with Crippen molar-refractivity contribution in [2.45, 2.75) is 31.8 Å². The van der Waals surface area contributed by atoms with Gasteiger partial charge in [0.15, 0.2) is 0 Å². The minimum atomic E-state index is 0.457. The number of nitrogens with zero attached hydrogens (tertiary/aromatic N) is 2. The van der Waals surface area contributed by atoms with Crippen LogP contribution in [0.15, 0.2) is 24.5 Å². The lowest BCUT2D eigenvalue weighted by atomic mass is 10.0. The summed E-state index contributed by atoms with van der Waals surface area (Å²) in [6.45, 7) is 2.70. The monoisotopic (exact) mass is 221 g/mol. The number of hydrogen-bond donors (Lipinski definition) is 1. The van der Waals surface area contributed by atoms with Gasteiger partial charge in [-0.2, -0.15) is 0 Å². The van der Waals surface area contributed by atoms with E-state index in [1.165, 1.54) is 24.8 Å². The summed E-state index contributed by atoms with van der Waals surface area (Å²) >= 11 is 0. The molecule has 2 N–H and O–H groups in total. The Morgan fingerprint density at radius 1 is 1.50 bits per heavy atom. The smallest absolute Gasteiger partial charge is 0.0834 e. The summed E-state index contributed by atoms with van der Waals surface area (Å²) in [6.07, 6.45) is 7.45. The molecule has 1 aromatic heterocycles. The summed E-state index contributed by atoms with van der Waals surface area (Å²) in [4.78, 5) is 11.4. The molecule has 88 valence electrons. The number of hydrogen-bond acceptors (Lipinski definition) is 4. The molecule has 1 atom stereocenters. The Hall–Kier alpha value is -0.970. The maximum Gasteiger partial charge on any atom is 0.0834 e. The lowest BCUT2D eigenvalue weighted by molar-refractivity contribution is 0.0360. The molecular weight excluding hydrogens is 202 g/mol. The van der Waals surface area contributed by atoms with E-state index < -0.39 is 0 Å². The maximum atomic E-state index is 5.18. The first-order valence-electron chi connectivity index (χ1n) is 5.85. The zero-order valence-electron chi connectivity index (χ0n) is 9.51. The van der Waals surface area contributed by atoms with E-state index in [2.05, 4.69) is 16.0 Å². The van der Waals surface area contributed by atoms with Crippen molar-refractivity contribution in [1.29, 1.82) is 0 Å². The molecule has 0 spiro atoms. The van der Waals surface area contributed by atoms with Gasteiger partial charge in [0.1, 0.15) is 0 Å². The lowest BCUT2D eigenvalue weighted by Gasteiger charge is -2.34. The molecule has 1 aliphatic heterocycles. The summed E-state index contributed by atoms with van der Waals surface area (Å²) in [7, 11) is 0. The fraction of sp³-hybridized carbons (Fsp3) is 0.583. The summed E-state index contributed by atoms with van der Waals surface area (Å²) in [5.41, 5.74) is 1.26. The van der Waals surface area contributed by atoms with Crippen LogP contribution in [0.2, 0.25) is 0 Å². The van der Waals surface area contributed by atoms with Crippen LogP contribution in [0.1, 0.15) is 24.8 Å². The van der Waals surface area contributed by atoms with Crippen LogP contribution < -0.4 is 5.90 Å². The molecule has 0 saturated carbocycles. The zero-order valence-corrected chi connectivity index (χ0v) is 9.51. The van der Waals surface area contributed by atoms with Gasteiger partial charge in [-0.25, -0.2) is 5.90 Å². The Labute approximate surface area is 96.4 Å². The average molecular weight is 221 g/mol. The van der Waals surface area contributed by atoms with Gasteiger partial charge in [0.2, 0.25) is 0 Å². The summed E-state index contributed by atoms with van der Waals surface area (Å²) in [6, 6.07) is 4.55. The molecule has 0 amide bonds. The number of piperidine rings is 1. The molecule has 16 heavy (non-hydrogen) atoms. The molecule has 0 aliphatic carbocycles. The molecule has 1 fully saturated rings. The maximum absolute atomic E-state index is 5.18. The van der Waals surface area contributed by atoms with Gasteiger partial charge in [-0.3, -0.25) is 9.88 Å². The van der Waals surface area contributed by atoms with Crippen LogP contribution in [0, 0.1) is 0 Å². The summed E-state index contributed by atoms with van der Waals surface area (Å²) < 4.78 is 0. The van der Waals surface area contributed by atoms with E-state index in [1.54, 1.807) is 6.20 Å². The van der Waals surface area contributed by atoms with Crippen LogP contribution >= 0.6 is 0 Å². The van der Waals surface area contributed by atoms with Gasteiger partial charge in [-0.05, 0) is 31.0 Å². The quantitative estimate of drug-likeness (QED) is 0.779. The highest BCUT2D eigenvalue weighted by Crippen LogP contribution is 2.19. The molecule has 4 nitrogen and oxygen atoms in total. The third-order valence-electron chi connectivity index (χ3n) is 3.15. The Morgan fingerprint density at radius 2 is 2.44 bits per heavy atom. The molecule has 1 aromatic rings. The molecule has 2 heterocycles. The third kappa shape index (κ3) is 3.01. The van der Waals surface area contributed by atoms with Gasteiger partial charge >= 0.3 is 0 Å². The second-order valence-electron chi connectivity index (χ2n) is 4.31. The van der Waals surface area contributed by atoms with E-state index in [9.17, 15) is 0 Å². The van der Waals surface area contributed by atoms with Crippen molar-refractivity contribution < 1.29 is 4.84 Å². The largest absolute Gasteiger partial charge is 0.303 e. The highest BCUT2D eigenvalue weighted by atomic mass is 16.6. The van der Waals surface area contributed by atoms with Gasteiger partial charge in [-0.15, -0.1) is 0 Å². The predicted molar refractivity (Wildman–Crippen MR) is 62.4 cm³/mol. The Balaban J connectivity index is 1.96. The first kappa shape index (κ1) is 11.5. The molecule has 0 radical (unpaired) electrons. The van der Waals surface area contributed by atoms with Crippen molar-refractivity contribution in [3.05, 3.63) is 30.1 Å². The van der Waals surface area contributed by atoms with Crippen molar-refractivity contribution in [3.63, 3.8) is 0 Å². The number of rotatable bonds is 4. The van der Waals surface area contributed by atoms with Crippen molar-refractivity contribution in [3.8, 4) is 0 Å². The van der Waals surface area contributed by atoms with Crippen LogP contribution in [0.5, 0.6) is 0 Å². The van der Waals surface area contributed by atoms with Gasteiger partial charge in [0.05, 0.1) is 6.61 Å². The number of aromatic nitrogens is 1. The van der Waals surface area contributed by atoms with Crippen LogP contribution in [-0.2, 0) is 11.4 Å². The summed E-state index contributed by atoms with van der Waals surface area (Å²) in [5.74, 6) is 5.18. The third-order valence-corrected chi connectivity index (χ3v) is 3.15. The van der Waals surface area contributed by atoms with Crippen LogP contribution in [0.4, 0.5) is 0 Å². The minimum absolute atomic E-state index is 0.457. The molecule has 0 bridgehead atoms. The minimum Gasteiger partial charge on any atom is -0.303 e. The normalized spacial score (nSPS) is 22.2. The topological polar surface area (TPSA) is 51.4 Å². The second-order valence-corrected chi connectivity index (χ2v) is 4.31. The van der Waals surface area contributed by atoms with Crippen molar-refractivity contribution in [1.82, 2.24) is 9.88 Å². The van der Waals surface area contributed by atoms with Gasteiger partial charge in [0, 0.05) is 25.0 Å². The van der Waals surface area contributed by atoms with E-state index in [0.29, 0.717) is 12.6 Å². The zero-order chi connectivity index (χ0) is 11.2. The van der Waals surface area contributed by atoms with Crippen LogP contribution in [-0.4, -0.2) is 29.1 Å². The van der Waals surface area contributed by atoms with Crippen molar-refractivity contribution in [2.24, 2.45) is 5.90 Å².